The summed E-state index contributed by atoms with van der Waals surface area (Å²) < 4.78 is 4.61. The number of carbonyl (C=O) groups excluding carboxylic acids is 1. The van der Waals surface area contributed by atoms with Gasteiger partial charge in [0.05, 0.1) is 0 Å². The Morgan fingerprint density at radius 1 is 1.45 bits per heavy atom. The Kier molecular flexibility index (Phi) is 1.89. The number of aryl methyl sites for hydroxylation is 1. The van der Waals surface area contributed by atoms with Crippen LogP contribution in [0.1, 0.15) is 21.7 Å². The molecule has 0 fully saturated rings. The van der Waals surface area contributed by atoms with E-state index in [4.69, 9.17) is 0 Å². The molecule has 0 radical (unpaired) electrons. The highest BCUT2D eigenvalue weighted by atomic mass is 16.4. The monoisotopic (exact) mass is 152 g/mol. The SMILES string of the molecule is Cc1cc(C=O)oc(=O)c1C. The fourth-order valence-corrected chi connectivity index (χ4v) is 0.754. The minimum absolute atomic E-state index is 0.0816. The maximum Gasteiger partial charge on any atom is 0.339 e. The highest BCUT2D eigenvalue weighted by molar-refractivity contribution is 5.70. The van der Waals surface area contributed by atoms with Crippen LogP contribution in [0.25, 0.3) is 0 Å². The van der Waals surface area contributed by atoms with Crippen molar-refractivity contribution in [2.75, 3.05) is 0 Å². The van der Waals surface area contributed by atoms with E-state index in [1.807, 2.05) is 0 Å². The van der Waals surface area contributed by atoms with Gasteiger partial charge in [-0.25, -0.2) is 4.79 Å². The van der Waals surface area contributed by atoms with Gasteiger partial charge in [-0.05, 0) is 25.5 Å². The lowest BCUT2D eigenvalue weighted by molar-refractivity contribution is 0.109. The third-order valence-corrected chi connectivity index (χ3v) is 1.58. The van der Waals surface area contributed by atoms with Gasteiger partial charge < -0.3 is 4.42 Å². The third kappa shape index (κ3) is 1.37. The topological polar surface area (TPSA) is 47.3 Å². The Balaban J connectivity index is 3.44. The number of hydrogen-bond acceptors (Lipinski definition) is 3. The van der Waals surface area contributed by atoms with Gasteiger partial charge in [0, 0.05) is 5.56 Å². The molecule has 3 heteroatoms. The second-order valence-corrected chi connectivity index (χ2v) is 2.36. The van der Waals surface area contributed by atoms with E-state index in [0.717, 1.165) is 5.56 Å². The molecule has 58 valence electrons. The van der Waals surface area contributed by atoms with Gasteiger partial charge in [0.15, 0.2) is 12.0 Å². The van der Waals surface area contributed by atoms with Crippen LogP contribution in [0.15, 0.2) is 15.3 Å². The van der Waals surface area contributed by atoms with Crippen LogP contribution >= 0.6 is 0 Å². The summed E-state index contributed by atoms with van der Waals surface area (Å²) in [6.45, 7) is 3.43. The summed E-state index contributed by atoms with van der Waals surface area (Å²) in [6.07, 6.45) is 0.522. The molecule has 11 heavy (non-hydrogen) atoms. The van der Waals surface area contributed by atoms with E-state index in [2.05, 4.69) is 4.42 Å². The Bertz CT molecular complexity index is 336. The van der Waals surface area contributed by atoms with Crippen LogP contribution < -0.4 is 5.63 Å². The molecule has 0 spiro atoms. The molecule has 0 bridgehead atoms. The second-order valence-electron chi connectivity index (χ2n) is 2.36. The van der Waals surface area contributed by atoms with Gasteiger partial charge in [-0.2, -0.15) is 0 Å². The fraction of sp³-hybridized carbons (Fsp3) is 0.250. The molecule has 0 unspecified atom stereocenters. The van der Waals surface area contributed by atoms with Gasteiger partial charge in [-0.1, -0.05) is 0 Å². The number of carbonyl (C=O) groups is 1. The minimum Gasteiger partial charge on any atom is -0.420 e. The van der Waals surface area contributed by atoms with E-state index < -0.39 is 5.63 Å². The Hall–Kier alpha value is -1.38. The van der Waals surface area contributed by atoms with Crippen LogP contribution in [-0.2, 0) is 0 Å². The quantitative estimate of drug-likeness (QED) is 0.565. The van der Waals surface area contributed by atoms with E-state index >= 15 is 0 Å². The summed E-state index contributed by atoms with van der Waals surface area (Å²) in [5.74, 6) is 0.0816. The van der Waals surface area contributed by atoms with Gasteiger partial charge in [0.25, 0.3) is 0 Å². The van der Waals surface area contributed by atoms with Crippen LogP contribution in [0.4, 0.5) is 0 Å². The van der Waals surface area contributed by atoms with Crippen molar-refractivity contribution in [1.29, 1.82) is 0 Å². The normalized spacial score (nSPS) is 9.64. The first-order chi connectivity index (χ1) is 5.15. The zero-order valence-corrected chi connectivity index (χ0v) is 6.38. The average Bonchev–Trinajstić information content (AvgIpc) is 1.99. The fourth-order valence-electron chi connectivity index (χ4n) is 0.754. The summed E-state index contributed by atoms with van der Waals surface area (Å²) in [5.41, 5.74) is 0.894. The molecule has 0 N–H and O–H groups in total. The van der Waals surface area contributed by atoms with Crippen LogP contribution in [0.3, 0.4) is 0 Å². The van der Waals surface area contributed by atoms with Crippen molar-refractivity contribution in [2.45, 2.75) is 13.8 Å². The Labute approximate surface area is 63.7 Å². The molecule has 0 aliphatic rings. The van der Waals surface area contributed by atoms with Crippen molar-refractivity contribution in [3.8, 4) is 0 Å². The molecule has 0 atom stereocenters. The van der Waals surface area contributed by atoms with Gasteiger partial charge in [0.2, 0.25) is 0 Å². The highest BCUT2D eigenvalue weighted by Gasteiger charge is 2.01. The molecular weight excluding hydrogens is 144 g/mol. The standard InChI is InChI=1S/C8H8O3/c1-5-3-7(4-9)11-8(10)6(5)2/h3-4H,1-2H3. The van der Waals surface area contributed by atoms with E-state index in [1.165, 1.54) is 0 Å². The zero-order chi connectivity index (χ0) is 8.43. The molecule has 0 aliphatic heterocycles. The largest absolute Gasteiger partial charge is 0.420 e. The molecule has 1 aromatic heterocycles. The van der Waals surface area contributed by atoms with Gasteiger partial charge >= 0.3 is 5.63 Å². The Morgan fingerprint density at radius 2 is 2.09 bits per heavy atom. The van der Waals surface area contributed by atoms with Gasteiger partial charge in [0.1, 0.15) is 0 Å². The predicted octanol–water partition coefficient (Wildman–Crippen LogP) is 1.07. The molecule has 1 aromatic rings. The first-order valence-corrected chi connectivity index (χ1v) is 3.21. The summed E-state index contributed by atoms with van der Waals surface area (Å²) in [5, 5.41) is 0. The van der Waals surface area contributed by atoms with Crippen LogP contribution in [-0.4, -0.2) is 6.29 Å². The summed E-state index contributed by atoms with van der Waals surface area (Å²) >= 11 is 0. The lowest BCUT2D eigenvalue weighted by atomic mass is 10.2. The maximum absolute atomic E-state index is 10.9. The van der Waals surface area contributed by atoms with E-state index in [-0.39, 0.29) is 5.76 Å². The predicted molar refractivity (Wildman–Crippen MR) is 39.8 cm³/mol. The van der Waals surface area contributed by atoms with Crippen LogP contribution in [0, 0.1) is 13.8 Å². The number of aldehydes is 1. The summed E-state index contributed by atoms with van der Waals surface area (Å²) in [6, 6.07) is 1.55. The van der Waals surface area contributed by atoms with Crippen molar-refractivity contribution in [1.82, 2.24) is 0 Å². The molecule has 0 saturated heterocycles. The molecule has 0 aromatic carbocycles. The lowest BCUT2D eigenvalue weighted by Gasteiger charge is -1.96. The van der Waals surface area contributed by atoms with Gasteiger partial charge in [-0.3, -0.25) is 4.79 Å². The van der Waals surface area contributed by atoms with Crippen molar-refractivity contribution < 1.29 is 9.21 Å². The second kappa shape index (κ2) is 2.70. The summed E-state index contributed by atoms with van der Waals surface area (Å²) in [4.78, 5) is 21.1. The molecular formula is C8H8O3. The average molecular weight is 152 g/mol. The molecule has 3 nitrogen and oxygen atoms in total. The highest BCUT2D eigenvalue weighted by Crippen LogP contribution is 2.02. The first-order valence-electron chi connectivity index (χ1n) is 3.21. The molecule has 1 heterocycles. The number of rotatable bonds is 1. The zero-order valence-electron chi connectivity index (χ0n) is 6.38. The third-order valence-electron chi connectivity index (χ3n) is 1.58. The van der Waals surface area contributed by atoms with Crippen molar-refractivity contribution >= 4 is 6.29 Å². The first kappa shape index (κ1) is 7.72. The summed E-state index contributed by atoms with van der Waals surface area (Å²) in [7, 11) is 0. The number of hydrogen-bond donors (Lipinski definition) is 0. The van der Waals surface area contributed by atoms with E-state index in [9.17, 15) is 9.59 Å². The molecule has 0 amide bonds. The van der Waals surface area contributed by atoms with E-state index in [1.54, 1.807) is 19.9 Å². The van der Waals surface area contributed by atoms with Crippen molar-refractivity contribution in [3.05, 3.63) is 33.4 Å². The molecule has 1 rings (SSSR count). The van der Waals surface area contributed by atoms with Crippen molar-refractivity contribution in [2.24, 2.45) is 0 Å². The maximum atomic E-state index is 10.9. The Morgan fingerprint density at radius 3 is 2.55 bits per heavy atom. The van der Waals surface area contributed by atoms with Crippen LogP contribution in [0.2, 0.25) is 0 Å². The van der Waals surface area contributed by atoms with Crippen molar-refractivity contribution in [3.63, 3.8) is 0 Å². The smallest absolute Gasteiger partial charge is 0.339 e. The minimum atomic E-state index is -0.438. The van der Waals surface area contributed by atoms with Crippen LogP contribution in [0.5, 0.6) is 0 Å². The lowest BCUT2D eigenvalue weighted by Crippen LogP contribution is -2.06. The molecule has 0 saturated carbocycles. The molecule has 0 aliphatic carbocycles. The van der Waals surface area contributed by atoms with Gasteiger partial charge in [-0.15, -0.1) is 0 Å². The van der Waals surface area contributed by atoms with E-state index in [0.29, 0.717) is 11.8 Å².